The molecule has 1 N–H and O–H groups in total. The minimum Gasteiger partial charge on any atom is -0.480 e. The summed E-state index contributed by atoms with van der Waals surface area (Å²) in [6, 6.07) is 0. The van der Waals surface area contributed by atoms with Crippen molar-refractivity contribution in [3.63, 3.8) is 0 Å². The number of thioether (sulfide) groups is 2. The maximum atomic E-state index is 11.5. The standard InChI is InChI=1S/C10H17NO2S2/c12-9(13)10(1-5-14-6-2-10)11-3-7-15-8-4-11/h1-8H2,(H,12,13). The number of hydrogen-bond acceptors (Lipinski definition) is 4. The molecule has 0 aromatic rings. The van der Waals surface area contributed by atoms with Crippen molar-refractivity contribution in [2.75, 3.05) is 36.1 Å². The Labute approximate surface area is 99.0 Å². The Balaban J connectivity index is 2.12. The molecule has 15 heavy (non-hydrogen) atoms. The second kappa shape index (κ2) is 4.97. The van der Waals surface area contributed by atoms with Gasteiger partial charge in [0.25, 0.3) is 0 Å². The first kappa shape index (κ1) is 11.6. The van der Waals surface area contributed by atoms with E-state index in [2.05, 4.69) is 4.90 Å². The van der Waals surface area contributed by atoms with Gasteiger partial charge in [-0.2, -0.15) is 23.5 Å². The normalized spacial score (nSPS) is 27.5. The summed E-state index contributed by atoms with van der Waals surface area (Å²) in [7, 11) is 0. The van der Waals surface area contributed by atoms with E-state index in [1.807, 2.05) is 23.5 Å². The summed E-state index contributed by atoms with van der Waals surface area (Å²) in [6.07, 6.45) is 1.63. The van der Waals surface area contributed by atoms with Gasteiger partial charge in [-0.15, -0.1) is 0 Å². The lowest BCUT2D eigenvalue weighted by Gasteiger charge is -2.44. The molecule has 0 saturated carbocycles. The van der Waals surface area contributed by atoms with Gasteiger partial charge in [-0.3, -0.25) is 9.69 Å². The van der Waals surface area contributed by atoms with E-state index >= 15 is 0 Å². The van der Waals surface area contributed by atoms with Crippen LogP contribution in [-0.2, 0) is 4.79 Å². The SMILES string of the molecule is O=C(O)C1(N2CCSCC2)CCSCC1. The van der Waals surface area contributed by atoms with Crippen LogP contribution in [0.2, 0.25) is 0 Å². The molecule has 0 bridgehead atoms. The van der Waals surface area contributed by atoms with E-state index in [9.17, 15) is 9.90 Å². The van der Waals surface area contributed by atoms with E-state index in [-0.39, 0.29) is 0 Å². The van der Waals surface area contributed by atoms with Crippen molar-refractivity contribution in [2.45, 2.75) is 18.4 Å². The summed E-state index contributed by atoms with van der Waals surface area (Å²) in [5.41, 5.74) is -0.535. The van der Waals surface area contributed by atoms with Gasteiger partial charge in [0.15, 0.2) is 0 Å². The second-order valence-electron chi connectivity index (χ2n) is 4.05. The molecule has 2 fully saturated rings. The molecule has 2 saturated heterocycles. The largest absolute Gasteiger partial charge is 0.480 e. The third-order valence-electron chi connectivity index (χ3n) is 3.33. The molecule has 0 aromatic heterocycles. The van der Waals surface area contributed by atoms with Gasteiger partial charge in [0, 0.05) is 24.6 Å². The van der Waals surface area contributed by atoms with E-state index in [0.29, 0.717) is 0 Å². The van der Waals surface area contributed by atoms with E-state index in [0.717, 1.165) is 48.9 Å². The number of aliphatic carboxylic acids is 1. The van der Waals surface area contributed by atoms with E-state index in [1.54, 1.807) is 0 Å². The van der Waals surface area contributed by atoms with E-state index in [4.69, 9.17) is 0 Å². The van der Waals surface area contributed by atoms with Crippen molar-refractivity contribution in [3.05, 3.63) is 0 Å². The number of carboxylic acid groups (broad SMARTS) is 1. The fourth-order valence-corrected chi connectivity index (χ4v) is 4.44. The molecule has 0 spiro atoms. The van der Waals surface area contributed by atoms with Crippen molar-refractivity contribution in [2.24, 2.45) is 0 Å². The quantitative estimate of drug-likeness (QED) is 0.798. The highest BCUT2D eigenvalue weighted by Gasteiger charge is 2.45. The second-order valence-corrected chi connectivity index (χ2v) is 6.50. The summed E-state index contributed by atoms with van der Waals surface area (Å²) in [4.78, 5) is 13.7. The number of rotatable bonds is 2. The fourth-order valence-electron chi connectivity index (χ4n) is 2.37. The molecule has 86 valence electrons. The highest BCUT2D eigenvalue weighted by Crippen LogP contribution is 2.34. The van der Waals surface area contributed by atoms with Gasteiger partial charge in [0.1, 0.15) is 5.54 Å². The van der Waals surface area contributed by atoms with Gasteiger partial charge >= 0.3 is 5.97 Å². The Morgan fingerprint density at radius 3 is 2.13 bits per heavy atom. The Kier molecular flexibility index (Phi) is 3.85. The molecule has 0 aromatic carbocycles. The van der Waals surface area contributed by atoms with Crippen LogP contribution in [0, 0.1) is 0 Å². The average Bonchev–Trinajstić information content (AvgIpc) is 2.31. The number of carbonyl (C=O) groups is 1. The van der Waals surface area contributed by atoms with Crippen LogP contribution < -0.4 is 0 Å². The number of hydrogen-bond donors (Lipinski definition) is 1. The molecule has 2 aliphatic heterocycles. The van der Waals surface area contributed by atoms with Crippen molar-refractivity contribution < 1.29 is 9.90 Å². The van der Waals surface area contributed by atoms with Crippen molar-refractivity contribution in [1.82, 2.24) is 4.90 Å². The lowest BCUT2D eigenvalue weighted by molar-refractivity contribution is -0.152. The molecule has 2 heterocycles. The summed E-state index contributed by atoms with van der Waals surface area (Å²) >= 11 is 3.82. The molecule has 2 rings (SSSR count). The molecule has 0 aliphatic carbocycles. The van der Waals surface area contributed by atoms with Crippen molar-refractivity contribution in [3.8, 4) is 0 Å². The zero-order valence-electron chi connectivity index (χ0n) is 8.78. The average molecular weight is 247 g/mol. The topological polar surface area (TPSA) is 40.5 Å². The number of nitrogens with zero attached hydrogens (tertiary/aromatic N) is 1. The molecule has 2 aliphatic rings. The van der Waals surface area contributed by atoms with Gasteiger partial charge in [-0.1, -0.05) is 0 Å². The van der Waals surface area contributed by atoms with Crippen LogP contribution in [-0.4, -0.2) is 57.6 Å². The minimum absolute atomic E-state index is 0.535. The first-order valence-corrected chi connectivity index (χ1v) is 7.71. The highest BCUT2D eigenvalue weighted by molar-refractivity contribution is 7.99. The summed E-state index contributed by atoms with van der Waals surface area (Å²) in [5.74, 6) is 3.56. The van der Waals surface area contributed by atoms with E-state index < -0.39 is 11.5 Å². The van der Waals surface area contributed by atoms with Gasteiger partial charge in [-0.25, -0.2) is 0 Å². The lowest BCUT2D eigenvalue weighted by Crippen LogP contribution is -2.58. The van der Waals surface area contributed by atoms with Gasteiger partial charge in [0.05, 0.1) is 0 Å². The predicted octanol–water partition coefficient (Wildman–Crippen LogP) is 1.39. The lowest BCUT2D eigenvalue weighted by atomic mass is 9.90. The third kappa shape index (κ3) is 2.29. The Morgan fingerprint density at radius 2 is 1.60 bits per heavy atom. The number of carboxylic acids is 1. The molecular weight excluding hydrogens is 230 g/mol. The maximum Gasteiger partial charge on any atom is 0.324 e. The Morgan fingerprint density at radius 1 is 1.07 bits per heavy atom. The molecule has 0 atom stereocenters. The monoisotopic (exact) mass is 247 g/mol. The van der Waals surface area contributed by atoms with E-state index in [1.165, 1.54) is 0 Å². The summed E-state index contributed by atoms with van der Waals surface area (Å²) in [6.45, 7) is 1.89. The molecule has 5 heteroatoms. The fraction of sp³-hybridized carbons (Fsp3) is 0.900. The Hall–Kier alpha value is 0.130. The third-order valence-corrected chi connectivity index (χ3v) is 5.26. The van der Waals surface area contributed by atoms with Crippen LogP contribution in [0.25, 0.3) is 0 Å². The first-order chi connectivity index (χ1) is 7.26. The van der Waals surface area contributed by atoms with Crippen LogP contribution in [0.3, 0.4) is 0 Å². The van der Waals surface area contributed by atoms with Gasteiger partial charge < -0.3 is 5.11 Å². The predicted molar refractivity (Wildman–Crippen MR) is 65.8 cm³/mol. The minimum atomic E-state index is -0.602. The molecule has 0 unspecified atom stereocenters. The Bertz CT molecular complexity index is 236. The highest BCUT2D eigenvalue weighted by atomic mass is 32.2. The summed E-state index contributed by atoms with van der Waals surface area (Å²) in [5, 5.41) is 9.48. The van der Waals surface area contributed by atoms with Crippen LogP contribution in [0.4, 0.5) is 0 Å². The van der Waals surface area contributed by atoms with Crippen LogP contribution >= 0.6 is 23.5 Å². The van der Waals surface area contributed by atoms with Crippen LogP contribution in [0.1, 0.15) is 12.8 Å². The molecule has 3 nitrogen and oxygen atoms in total. The molecule has 0 radical (unpaired) electrons. The maximum absolute atomic E-state index is 11.5. The van der Waals surface area contributed by atoms with Crippen molar-refractivity contribution >= 4 is 29.5 Å². The van der Waals surface area contributed by atoms with Crippen LogP contribution in [0.15, 0.2) is 0 Å². The zero-order valence-corrected chi connectivity index (χ0v) is 10.4. The molecule has 0 amide bonds. The summed E-state index contributed by atoms with van der Waals surface area (Å²) < 4.78 is 0. The molecular formula is C10H17NO2S2. The van der Waals surface area contributed by atoms with Gasteiger partial charge in [0.2, 0.25) is 0 Å². The zero-order chi connectivity index (χ0) is 10.7. The van der Waals surface area contributed by atoms with Crippen LogP contribution in [0.5, 0.6) is 0 Å². The van der Waals surface area contributed by atoms with Crippen molar-refractivity contribution in [1.29, 1.82) is 0 Å². The van der Waals surface area contributed by atoms with Gasteiger partial charge in [-0.05, 0) is 24.3 Å². The first-order valence-electron chi connectivity index (χ1n) is 5.40. The smallest absolute Gasteiger partial charge is 0.324 e.